The van der Waals surface area contributed by atoms with E-state index in [4.69, 9.17) is 0 Å². The van der Waals surface area contributed by atoms with E-state index < -0.39 is 0 Å². The quantitative estimate of drug-likeness (QED) is 0.630. The van der Waals surface area contributed by atoms with Crippen LogP contribution in [0.2, 0.25) is 0 Å². The van der Waals surface area contributed by atoms with Crippen molar-refractivity contribution >= 4 is 0 Å². The first kappa shape index (κ1) is 16.0. The van der Waals surface area contributed by atoms with Crippen molar-refractivity contribution in [3.63, 3.8) is 0 Å². The van der Waals surface area contributed by atoms with Crippen molar-refractivity contribution in [3.05, 3.63) is 0 Å². The van der Waals surface area contributed by atoms with E-state index in [-0.39, 0.29) is 0 Å². The van der Waals surface area contributed by atoms with E-state index in [0.29, 0.717) is 0 Å². The van der Waals surface area contributed by atoms with E-state index in [2.05, 4.69) is 39.6 Å². The molecule has 1 aliphatic heterocycles. The highest BCUT2D eigenvalue weighted by Crippen LogP contribution is 2.31. The Hall–Kier alpha value is -0.0400. The molecule has 0 aromatic rings. The van der Waals surface area contributed by atoms with Crippen LogP contribution in [0.5, 0.6) is 0 Å². The number of rotatable bonds is 4. The van der Waals surface area contributed by atoms with E-state index in [9.17, 15) is 0 Å². The normalized spacial score (nSPS) is 35.8. The third-order valence-electron chi connectivity index (χ3n) is 5.36. The Kier molecular flexibility index (Phi) is 7.29. The van der Waals surface area contributed by atoms with E-state index in [0.717, 1.165) is 23.9 Å². The van der Waals surface area contributed by atoms with Crippen LogP contribution in [0, 0.1) is 11.8 Å². The van der Waals surface area contributed by atoms with Gasteiger partial charge in [-0.2, -0.15) is 0 Å². The van der Waals surface area contributed by atoms with Crippen LogP contribution in [0.25, 0.3) is 0 Å². The van der Waals surface area contributed by atoms with Crippen molar-refractivity contribution < 1.29 is 0 Å². The lowest BCUT2D eigenvalue weighted by molar-refractivity contribution is 0.103. The topological polar surface area (TPSA) is 3.24 Å². The molecule has 1 rings (SSSR count). The van der Waals surface area contributed by atoms with Crippen LogP contribution in [0.4, 0.5) is 0 Å². The Morgan fingerprint density at radius 1 is 1.00 bits per heavy atom. The molecule has 0 aliphatic carbocycles. The smallest absolute Gasteiger partial charge is 0.0123 e. The molecule has 0 bridgehead atoms. The van der Waals surface area contributed by atoms with Gasteiger partial charge in [-0.1, -0.05) is 59.3 Å². The summed E-state index contributed by atoms with van der Waals surface area (Å²) in [6, 6.07) is 1.57. The first-order valence-corrected chi connectivity index (χ1v) is 8.29. The van der Waals surface area contributed by atoms with Crippen LogP contribution in [-0.4, -0.2) is 24.0 Å². The van der Waals surface area contributed by atoms with Gasteiger partial charge in [0.1, 0.15) is 0 Å². The summed E-state index contributed by atoms with van der Waals surface area (Å²) in [4.78, 5) is 2.70. The molecule has 0 aromatic heterocycles. The van der Waals surface area contributed by atoms with Gasteiger partial charge in [0.15, 0.2) is 0 Å². The first-order valence-electron chi connectivity index (χ1n) is 8.29. The lowest BCUT2D eigenvalue weighted by Gasteiger charge is -2.38. The van der Waals surface area contributed by atoms with Crippen LogP contribution < -0.4 is 0 Å². The molecule has 0 N–H and O–H groups in total. The second kappa shape index (κ2) is 8.19. The molecule has 4 atom stereocenters. The summed E-state index contributed by atoms with van der Waals surface area (Å²) in [7, 11) is 2.37. The van der Waals surface area contributed by atoms with Crippen molar-refractivity contribution in [1.29, 1.82) is 0 Å². The second-order valence-corrected chi connectivity index (χ2v) is 6.70. The summed E-state index contributed by atoms with van der Waals surface area (Å²) in [6.45, 7) is 9.70. The Bertz CT molecular complexity index is 196. The van der Waals surface area contributed by atoms with Crippen molar-refractivity contribution in [2.75, 3.05) is 7.05 Å². The van der Waals surface area contributed by atoms with Crippen LogP contribution >= 0.6 is 0 Å². The van der Waals surface area contributed by atoms with E-state index in [1.807, 2.05) is 0 Å². The molecule has 1 heteroatoms. The predicted octanol–water partition coefficient (Wildman–Crippen LogP) is 5.10. The zero-order valence-electron chi connectivity index (χ0n) is 13.4. The summed E-state index contributed by atoms with van der Waals surface area (Å²) >= 11 is 0. The number of hydrogen-bond donors (Lipinski definition) is 0. The molecule has 1 aliphatic rings. The molecule has 1 nitrogen and oxygen atoms in total. The highest BCUT2D eigenvalue weighted by Gasteiger charge is 2.29. The van der Waals surface area contributed by atoms with Gasteiger partial charge in [0.2, 0.25) is 0 Å². The monoisotopic (exact) mass is 253 g/mol. The zero-order chi connectivity index (χ0) is 13.5. The summed E-state index contributed by atoms with van der Waals surface area (Å²) < 4.78 is 0. The van der Waals surface area contributed by atoms with Gasteiger partial charge >= 0.3 is 0 Å². The third kappa shape index (κ3) is 4.57. The molecule has 0 amide bonds. The molecule has 0 radical (unpaired) electrons. The highest BCUT2D eigenvalue weighted by atomic mass is 15.2. The van der Waals surface area contributed by atoms with Crippen molar-refractivity contribution in [3.8, 4) is 0 Å². The Morgan fingerprint density at radius 2 is 1.67 bits per heavy atom. The van der Waals surface area contributed by atoms with Gasteiger partial charge in [-0.3, -0.25) is 0 Å². The molecular weight excluding hydrogens is 218 g/mol. The molecule has 0 spiro atoms. The molecule has 1 heterocycles. The van der Waals surface area contributed by atoms with E-state index in [1.54, 1.807) is 0 Å². The maximum Gasteiger partial charge on any atom is 0.0123 e. The molecule has 1 fully saturated rings. The first-order chi connectivity index (χ1) is 8.57. The average Bonchev–Trinajstić information content (AvgIpc) is 2.40. The number of unbranched alkanes of at least 4 members (excludes halogenated alkanes) is 2. The van der Waals surface area contributed by atoms with E-state index in [1.165, 1.54) is 51.4 Å². The molecule has 0 saturated carbocycles. The molecule has 18 heavy (non-hydrogen) atoms. The second-order valence-electron chi connectivity index (χ2n) is 6.70. The summed E-state index contributed by atoms with van der Waals surface area (Å²) in [5, 5.41) is 0. The minimum absolute atomic E-state index is 0.768. The lowest BCUT2D eigenvalue weighted by Crippen LogP contribution is -2.43. The van der Waals surface area contributed by atoms with Crippen molar-refractivity contribution in [2.45, 2.75) is 91.1 Å². The highest BCUT2D eigenvalue weighted by molar-refractivity contribution is 4.83. The molecular formula is C17H35N. The number of nitrogens with zero attached hydrogens (tertiary/aromatic N) is 1. The Labute approximate surface area is 115 Å². The molecule has 108 valence electrons. The maximum atomic E-state index is 2.70. The minimum atomic E-state index is 0.768. The molecule has 1 saturated heterocycles. The molecule has 0 aromatic carbocycles. The SMILES string of the molecule is CCCCCC1C(C)C(C)CCCCC(C)N1C. The van der Waals surface area contributed by atoms with Gasteiger partial charge in [0.05, 0.1) is 0 Å². The van der Waals surface area contributed by atoms with Gasteiger partial charge in [0, 0.05) is 12.1 Å². The summed E-state index contributed by atoms with van der Waals surface area (Å²) in [5.74, 6) is 1.75. The lowest BCUT2D eigenvalue weighted by atomic mass is 9.83. The van der Waals surface area contributed by atoms with Crippen LogP contribution in [0.3, 0.4) is 0 Å². The minimum Gasteiger partial charge on any atom is -0.300 e. The standard InChI is InChI=1S/C17H35N/c1-6-7-8-13-17-16(4)14(2)11-9-10-12-15(3)18(17)5/h14-17H,6-13H2,1-5H3. The fraction of sp³-hybridized carbons (Fsp3) is 1.00. The third-order valence-corrected chi connectivity index (χ3v) is 5.36. The van der Waals surface area contributed by atoms with Gasteiger partial charge in [0.25, 0.3) is 0 Å². The fourth-order valence-electron chi connectivity index (χ4n) is 3.52. The summed E-state index contributed by atoms with van der Waals surface area (Å²) in [5.41, 5.74) is 0. The van der Waals surface area contributed by atoms with Gasteiger partial charge in [-0.05, 0) is 38.6 Å². The maximum absolute atomic E-state index is 2.70. The Morgan fingerprint density at radius 3 is 2.33 bits per heavy atom. The van der Waals surface area contributed by atoms with E-state index >= 15 is 0 Å². The van der Waals surface area contributed by atoms with Gasteiger partial charge in [-0.25, -0.2) is 0 Å². The van der Waals surface area contributed by atoms with Crippen molar-refractivity contribution in [1.82, 2.24) is 4.90 Å². The predicted molar refractivity (Wildman–Crippen MR) is 82.0 cm³/mol. The van der Waals surface area contributed by atoms with Crippen molar-refractivity contribution in [2.24, 2.45) is 11.8 Å². The summed E-state index contributed by atoms with van der Waals surface area (Å²) in [6.07, 6.45) is 11.2. The Balaban J connectivity index is 2.67. The van der Waals surface area contributed by atoms with Crippen LogP contribution in [-0.2, 0) is 0 Å². The largest absolute Gasteiger partial charge is 0.300 e. The molecule has 4 unspecified atom stereocenters. The van der Waals surface area contributed by atoms with Crippen LogP contribution in [0.15, 0.2) is 0 Å². The zero-order valence-corrected chi connectivity index (χ0v) is 13.4. The number of hydrogen-bond acceptors (Lipinski definition) is 1. The van der Waals surface area contributed by atoms with Gasteiger partial charge in [-0.15, -0.1) is 0 Å². The fourth-order valence-corrected chi connectivity index (χ4v) is 3.52. The van der Waals surface area contributed by atoms with Crippen LogP contribution in [0.1, 0.15) is 79.1 Å². The average molecular weight is 253 g/mol. The van der Waals surface area contributed by atoms with Gasteiger partial charge < -0.3 is 4.90 Å².